The van der Waals surface area contributed by atoms with Crippen molar-refractivity contribution >= 4 is 75.4 Å². The van der Waals surface area contributed by atoms with E-state index in [9.17, 15) is 0 Å². The van der Waals surface area contributed by atoms with E-state index in [1.54, 1.807) is 11.3 Å². The summed E-state index contributed by atoms with van der Waals surface area (Å²) in [7, 11) is 0. The lowest BCUT2D eigenvalue weighted by Crippen LogP contribution is -2.06. The highest BCUT2D eigenvalue weighted by atomic mass is 32.1. The minimum Gasteiger partial charge on any atom is -0.456 e. The molecule has 12 aromatic rings. The molecular weight excluding hydrogens is 721 g/mol. The highest BCUT2D eigenvalue weighted by Gasteiger charge is 2.22. The van der Waals surface area contributed by atoms with Gasteiger partial charge in [-0.1, -0.05) is 127 Å². The van der Waals surface area contributed by atoms with Crippen LogP contribution in [0.4, 0.5) is 0 Å². The standard InChI is InChI=1S/C49H28N6OS/c1-3-14-29(15-4-1)43-45-44(34-20-9-12-25-41(34)57-45)51-47(50-43)31-26-27-39-36(28-31)42-35(21-13-24-40(42)56-39)48-52-46(30-16-5-2-6-17-30)53-49(54-48)55-37-22-10-7-18-32(37)33-19-8-11-23-38(33)55/h1-28H. The number of aromatic nitrogens is 6. The van der Waals surface area contributed by atoms with E-state index in [4.69, 9.17) is 29.3 Å². The lowest BCUT2D eigenvalue weighted by molar-refractivity contribution is 0.669. The number of hydrogen-bond acceptors (Lipinski definition) is 7. The normalized spacial score (nSPS) is 11.9. The molecule has 0 amide bonds. The van der Waals surface area contributed by atoms with Gasteiger partial charge < -0.3 is 4.42 Å². The molecule has 12 rings (SSSR count). The molecule has 0 aliphatic carbocycles. The summed E-state index contributed by atoms with van der Waals surface area (Å²) in [6.45, 7) is 0. The number of benzene rings is 7. The first-order valence-corrected chi connectivity index (χ1v) is 19.6. The van der Waals surface area contributed by atoms with Crippen LogP contribution in [-0.4, -0.2) is 29.5 Å². The molecule has 0 saturated carbocycles. The fraction of sp³-hybridized carbons (Fsp3) is 0. The maximum absolute atomic E-state index is 6.53. The fourth-order valence-electron chi connectivity index (χ4n) is 8.10. The van der Waals surface area contributed by atoms with Crippen molar-refractivity contribution in [3.63, 3.8) is 0 Å². The average molecular weight is 749 g/mol. The van der Waals surface area contributed by atoms with Gasteiger partial charge in [0.05, 0.1) is 26.9 Å². The van der Waals surface area contributed by atoms with Gasteiger partial charge in [0, 0.05) is 53.9 Å². The van der Waals surface area contributed by atoms with E-state index >= 15 is 0 Å². The van der Waals surface area contributed by atoms with Gasteiger partial charge in [0.15, 0.2) is 17.5 Å². The quantitative estimate of drug-likeness (QED) is 0.174. The third kappa shape index (κ3) is 5.01. The molecule has 0 unspecified atom stereocenters. The summed E-state index contributed by atoms with van der Waals surface area (Å²) in [6.07, 6.45) is 0. The Balaban J connectivity index is 1.10. The summed E-state index contributed by atoms with van der Waals surface area (Å²) in [5.74, 6) is 2.33. The summed E-state index contributed by atoms with van der Waals surface area (Å²) in [4.78, 5) is 26.1. The van der Waals surface area contributed by atoms with Crippen molar-refractivity contribution in [2.75, 3.05) is 0 Å². The zero-order valence-electron chi connectivity index (χ0n) is 30.2. The van der Waals surface area contributed by atoms with Gasteiger partial charge in [0.25, 0.3) is 0 Å². The Hall–Kier alpha value is -7.55. The monoisotopic (exact) mass is 748 g/mol. The smallest absolute Gasteiger partial charge is 0.238 e. The van der Waals surface area contributed by atoms with Gasteiger partial charge in [0.2, 0.25) is 5.95 Å². The maximum atomic E-state index is 6.53. The molecular formula is C49H28N6OS. The molecule has 266 valence electrons. The number of nitrogens with zero attached hydrogens (tertiary/aromatic N) is 6. The molecule has 0 bridgehead atoms. The molecule has 7 nitrogen and oxygen atoms in total. The number of fused-ring (bicyclic) bond motifs is 9. The third-order valence-electron chi connectivity index (χ3n) is 10.7. The Kier molecular flexibility index (Phi) is 6.96. The summed E-state index contributed by atoms with van der Waals surface area (Å²) in [6, 6.07) is 57.9. The van der Waals surface area contributed by atoms with Crippen molar-refractivity contribution in [2.45, 2.75) is 0 Å². The predicted octanol–water partition coefficient (Wildman–Crippen LogP) is 12.7. The lowest BCUT2D eigenvalue weighted by atomic mass is 10.0. The first kappa shape index (κ1) is 31.8. The zero-order valence-corrected chi connectivity index (χ0v) is 31.0. The maximum Gasteiger partial charge on any atom is 0.238 e. The molecule has 57 heavy (non-hydrogen) atoms. The molecule has 0 N–H and O–H groups in total. The van der Waals surface area contributed by atoms with E-state index in [0.717, 1.165) is 87.3 Å². The van der Waals surface area contributed by atoms with Crippen molar-refractivity contribution in [1.29, 1.82) is 0 Å². The fourth-order valence-corrected chi connectivity index (χ4v) is 9.26. The van der Waals surface area contributed by atoms with E-state index in [2.05, 4.69) is 114 Å². The van der Waals surface area contributed by atoms with Crippen molar-refractivity contribution in [3.05, 3.63) is 170 Å². The minimum absolute atomic E-state index is 0.542. The van der Waals surface area contributed by atoms with E-state index in [0.29, 0.717) is 23.4 Å². The molecule has 0 saturated heterocycles. The highest BCUT2D eigenvalue weighted by molar-refractivity contribution is 7.26. The zero-order chi connectivity index (χ0) is 37.5. The van der Waals surface area contributed by atoms with Crippen LogP contribution in [0, 0.1) is 0 Å². The van der Waals surface area contributed by atoms with Crippen LogP contribution in [-0.2, 0) is 0 Å². The Morgan fingerprint density at radius 3 is 1.86 bits per heavy atom. The molecule has 0 aliphatic rings. The van der Waals surface area contributed by atoms with Crippen LogP contribution in [0.25, 0.3) is 115 Å². The average Bonchev–Trinajstić information content (AvgIpc) is 3.96. The summed E-state index contributed by atoms with van der Waals surface area (Å²) in [5, 5.41) is 5.24. The molecule has 0 radical (unpaired) electrons. The first-order valence-electron chi connectivity index (χ1n) is 18.8. The van der Waals surface area contributed by atoms with Gasteiger partial charge in [-0.05, 0) is 42.5 Å². The molecule has 5 aromatic heterocycles. The predicted molar refractivity (Wildman–Crippen MR) is 232 cm³/mol. The second-order valence-electron chi connectivity index (χ2n) is 14.0. The molecule has 0 atom stereocenters. The molecule has 7 aromatic carbocycles. The van der Waals surface area contributed by atoms with Crippen molar-refractivity contribution in [2.24, 2.45) is 0 Å². The molecule has 0 fully saturated rings. The second-order valence-corrected chi connectivity index (χ2v) is 15.1. The van der Waals surface area contributed by atoms with E-state index < -0.39 is 0 Å². The SMILES string of the molecule is c1ccc(-c2nc(-c3cccc4oc5ccc(-c6nc(-c7ccccc7)c7sc8ccccc8c7n6)cc5c34)nc(-n3c4ccccc4c4ccccc43)n2)cc1. The van der Waals surface area contributed by atoms with Gasteiger partial charge in [0.1, 0.15) is 11.2 Å². The van der Waals surface area contributed by atoms with Crippen molar-refractivity contribution in [3.8, 4) is 51.4 Å². The van der Waals surface area contributed by atoms with E-state index in [-0.39, 0.29) is 0 Å². The number of para-hydroxylation sites is 2. The van der Waals surface area contributed by atoms with Crippen LogP contribution in [0.1, 0.15) is 0 Å². The lowest BCUT2D eigenvalue weighted by Gasteiger charge is -2.11. The second kappa shape index (κ2) is 12.5. The highest BCUT2D eigenvalue weighted by Crippen LogP contribution is 2.42. The Morgan fingerprint density at radius 2 is 1.09 bits per heavy atom. The number of thiophene rings is 1. The largest absolute Gasteiger partial charge is 0.456 e. The first-order chi connectivity index (χ1) is 28.2. The van der Waals surface area contributed by atoms with Crippen LogP contribution < -0.4 is 0 Å². The van der Waals surface area contributed by atoms with Gasteiger partial charge in [-0.25, -0.2) is 15.0 Å². The molecule has 0 aliphatic heterocycles. The Bertz CT molecular complexity index is 3480. The van der Waals surface area contributed by atoms with Gasteiger partial charge in [-0.3, -0.25) is 4.57 Å². The number of rotatable bonds is 5. The minimum atomic E-state index is 0.542. The van der Waals surface area contributed by atoms with Crippen molar-refractivity contribution < 1.29 is 4.42 Å². The van der Waals surface area contributed by atoms with Crippen LogP contribution >= 0.6 is 11.3 Å². The van der Waals surface area contributed by atoms with Gasteiger partial charge in [-0.15, -0.1) is 11.3 Å². The summed E-state index contributed by atoms with van der Waals surface area (Å²) >= 11 is 1.73. The summed E-state index contributed by atoms with van der Waals surface area (Å²) in [5.41, 5.74) is 9.11. The van der Waals surface area contributed by atoms with Crippen LogP contribution in [0.5, 0.6) is 0 Å². The van der Waals surface area contributed by atoms with Gasteiger partial charge in [-0.2, -0.15) is 9.97 Å². The molecule has 8 heteroatoms. The Morgan fingerprint density at radius 1 is 0.439 bits per heavy atom. The van der Waals surface area contributed by atoms with Crippen LogP contribution in [0.15, 0.2) is 174 Å². The topological polar surface area (TPSA) is 82.5 Å². The van der Waals surface area contributed by atoms with E-state index in [1.165, 1.54) is 4.70 Å². The summed E-state index contributed by atoms with van der Waals surface area (Å²) < 4.78 is 10.9. The van der Waals surface area contributed by atoms with E-state index in [1.807, 2.05) is 60.7 Å². The van der Waals surface area contributed by atoms with Crippen LogP contribution in [0.2, 0.25) is 0 Å². The van der Waals surface area contributed by atoms with Crippen LogP contribution in [0.3, 0.4) is 0 Å². The van der Waals surface area contributed by atoms with Gasteiger partial charge >= 0.3 is 0 Å². The third-order valence-corrected chi connectivity index (χ3v) is 11.9. The Labute approximate surface area is 329 Å². The number of furan rings is 1. The molecule has 5 heterocycles. The molecule has 0 spiro atoms. The van der Waals surface area contributed by atoms with Crippen molar-refractivity contribution in [1.82, 2.24) is 29.5 Å². The number of hydrogen-bond donors (Lipinski definition) is 0.